The van der Waals surface area contributed by atoms with E-state index in [4.69, 9.17) is 5.73 Å². The van der Waals surface area contributed by atoms with Crippen molar-refractivity contribution in [1.29, 1.82) is 0 Å². The molecule has 2 rings (SSSR count). The van der Waals surface area contributed by atoms with E-state index in [1.54, 1.807) is 12.1 Å². The smallest absolute Gasteiger partial charge is 0.146 e. The maximum Gasteiger partial charge on any atom is 0.146 e. The monoisotopic (exact) mass is 192 g/mol. The fourth-order valence-corrected chi connectivity index (χ4v) is 1.61. The van der Waals surface area contributed by atoms with Crippen molar-refractivity contribution in [2.45, 2.75) is 6.42 Å². The summed E-state index contributed by atoms with van der Waals surface area (Å²) in [6.07, 6.45) is 3.19. The molecule has 1 heterocycles. The summed E-state index contributed by atoms with van der Waals surface area (Å²) in [6.45, 7) is 1.85. The van der Waals surface area contributed by atoms with Gasteiger partial charge in [-0.25, -0.2) is 4.39 Å². The fraction of sp³-hybridized carbons (Fsp3) is 0.273. The van der Waals surface area contributed by atoms with E-state index in [2.05, 4.69) is 11.4 Å². The highest BCUT2D eigenvalue weighted by molar-refractivity contribution is 5.70. The highest BCUT2D eigenvalue weighted by Crippen LogP contribution is 2.20. The molecule has 0 atom stereocenters. The third-order valence-electron chi connectivity index (χ3n) is 2.39. The SMILES string of the molecule is Nc1cc(C2=CCCNC2)ccc1F. The zero-order valence-corrected chi connectivity index (χ0v) is 7.89. The molecule has 3 N–H and O–H groups in total. The van der Waals surface area contributed by atoms with Crippen LogP contribution in [0.5, 0.6) is 0 Å². The summed E-state index contributed by atoms with van der Waals surface area (Å²) in [6, 6.07) is 4.87. The maximum absolute atomic E-state index is 12.9. The fourth-order valence-electron chi connectivity index (χ4n) is 1.61. The van der Waals surface area contributed by atoms with Crippen LogP contribution >= 0.6 is 0 Å². The molecular weight excluding hydrogens is 179 g/mol. The van der Waals surface area contributed by atoms with Gasteiger partial charge in [-0.3, -0.25) is 0 Å². The molecule has 1 aromatic carbocycles. The predicted molar refractivity (Wildman–Crippen MR) is 56.3 cm³/mol. The molecule has 0 amide bonds. The second kappa shape index (κ2) is 3.80. The zero-order valence-electron chi connectivity index (χ0n) is 7.89. The number of nitrogens with one attached hydrogen (secondary N) is 1. The second-order valence-electron chi connectivity index (χ2n) is 3.43. The second-order valence-corrected chi connectivity index (χ2v) is 3.43. The molecule has 1 aromatic rings. The normalized spacial score (nSPS) is 16.5. The molecule has 0 bridgehead atoms. The Kier molecular flexibility index (Phi) is 2.50. The summed E-state index contributed by atoms with van der Waals surface area (Å²) >= 11 is 0. The minimum atomic E-state index is -0.349. The van der Waals surface area contributed by atoms with Crippen LogP contribution in [0, 0.1) is 5.82 Å². The van der Waals surface area contributed by atoms with E-state index in [-0.39, 0.29) is 11.5 Å². The Morgan fingerprint density at radius 1 is 1.36 bits per heavy atom. The van der Waals surface area contributed by atoms with Crippen molar-refractivity contribution in [3.8, 4) is 0 Å². The van der Waals surface area contributed by atoms with Crippen LogP contribution < -0.4 is 11.1 Å². The lowest BCUT2D eigenvalue weighted by atomic mass is 10.0. The largest absolute Gasteiger partial charge is 0.396 e. The topological polar surface area (TPSA) is 38.0 Å². The average molecular weight is 192 g/mol. The van der Waals surface area contributed by atoms with Gasteiger partial charge in [-0.05, 0) is 36.2 Å². The van der Waals surface area contributed by atoms with Crippen LogP contribution in [0.4, 0.5) is 10.1 Å². The number of rotatable bonds is 1. The molecular formula is C11H13FN2. The number of hydrogen-bond donors (Lipinski definition) is 2. The Morgan fingerprint density at radius 3 is 2.86 bits per heavy atom. The molecule has 0 unspecified atom stereocenters. The Morgan fingerprint density at radius 2 is 2.21 bits per heavy atom. The van der Waals surface area contributed by atoms with Gasteiger partial charge in [-0.1, -0.05) is 12.1 Å². The Labute approximate surface area is 82.6 Å². The summed E-state index contributed by atoms with van der Waals surface area (Å²) < 4.78 is 12.9. The molecule has 2 nitrogen and oxygen atoms in total. The van der Waals surface area contributed by atoms with Gasteiger partial charge in [0.15, 0.2) is 0 Å². The summed E-state index contributed by atoms with van der Waals surface area (Å²) in [5.41, 5.74) is 7.93. The summed E-state index contributed by atoms with van der Waals surface area (Å²) in [4.78, 5) is 0. The van der Waals surface area contributed by atoms with Gasteiger partial charge >= 0.3 is 0 Å². The van der Waals surface area contributed by atoms with E-state index in [1.165, 1.54) is 11.6 Å². The van der Waals surface area contributed by atoms with Crippen LogP contribution in [0.3, 0.4) is 0 Å². The molecule has 1 aliphatic heterocycles. The van der Waals surface area contributed by atoms with Crippen LogP contribution in [0.25, 0.3) is 5.57 Å². The van der Waals surface area contributed by atoms with Gasteiger partial charge in [0.1, 0.15) is 5.82 Å². The van der Waals surface area contributed by atoms with Crippen molar-refractivity contribution in [2.24, 2.45) is 0 Å². The van der Waals surface area contributed by atoms with E-state index in [0.29, 0.717) is 0 Å². The first kappa shape index (κ1) is 9.21. The zero-order chi connectivity index (χ0) is 9.97. The molecule has 0 aliphatic carbocycles. The molecule has 0 saturated carbocycles. The van der Waals surface area contributed by atoms with Crippen molar-refractivity contribution in [1.82, 2.24) is 5.32 Å². The van der Waals surface area contributed by atoms with Crippen LogP contribution in [-0.4, -0.2) is 13.1 Å². The lowest BCUT2D eigenvalue weighted by Gasteiger charge is -2.14. The number of nitrogen functional groups attached to an aromatic ring is 1. The van der Waals surface area contributed by atoms with Crippen LogP contribution in [0.2, 0.25) is 0 Å². The quantitative estimate of drug-likeness (QED) is 0.666. The van der Waals surface area contributed by atoms with Crippen molar-refractivity contribution in [3.63, 3.8) is 0 Å². The van der Waals surface area contributed by atoms with Crippen molar-refractivity contribution < 1.29 is 4.39 Å². The highest BCUT2D eigenvalue weighted by atomic mass is 19.1. The third kappa shape index (κ3) is 1.77. The lowest BCUT2D eigenvalue weighted by Crippen LogP contribution is -2.21. The van der Waals surface area contributed by atoms with Crippen LogP contribution in [0.1, 0.15) is 12.0 Å². The molecule has 0 aromatic heterocycles. The molecule has 1 aliphatic rings. The van der Waals surface area contributed by atoms with E-state index < -0.39 is 0 Å². The van der Waals surface area contributed by atoms with Crippen molar-refractivity contribution in [2.75, 3.05) is 18.8 Å². The Bertz CT molecular complexity index is 372. The van der Waals surface area contributed by atoms with Gasteiger partial charge < -0.3 is 11.1 Å². The van der Waals surface area contributed by atoms with Crippen LogP contribution in [0.15, 0.2) is 24.3 Å². The maximum atomic E-state index is 12.9. The number of nitrogens with two attached hydrogens (primary N) is 1. The van der Waals surface area contributed by atoms with Gasteiger partial charge in [-0.15, -0.1) is 0 Å². The average Bonchev–Trinajstić information content (AvgIpc) is 2.23. The molecule has 0 fully saturated rings. The number of benzene rings is 1. The summed E-state index contributed by atoms with van der Waals surface area (Å²) in [5.74, 6) is -0.349. The number of hydrogen-bond acceptors (Lipinski definition) is 2. The van der Waals surface area contributed by atoms with Crippen molar-refractivity contribution >= 4 is 11.3 Å². The molecule has 74 valence electrons. The van der Waals surface area contributed by atoms with Gasteiger partial charge in [0, 0.05) is 6.54 Å². The van der Waals surface area contributed by atoms with Gasteiger partial charge in [-0.2, -0.15) is 0 Å². The minimum Gasteiger partial charge on any atom is -0.396 e. The van der Waals surface area contributed by atoms with E-state index >= 15 is 0 Å². The summed E-state index contributed by atoms with van der Waals surface area (Å²) in [7, 11) is 0. The van der Waals surface area contributed by atoms with Crippen LogP contribution in [-0.2, 0) is 0 Å². The lowest BCUT2D eigenvalue weighted by molar-refractivity contribution is 0.632. The van der Waals surface area contributed by atoms with Gasteiger partial charge in [0.2, 0.25) is 0 Å². The van der Waals surface area contributed by atoms with E-state index in [0.717, 1.165) is 25.1 Å². The number of anilines is 1. The van der Waals surface area contributed by atoms with E-state index in [1.807, 2.05) is 0 Å². The Hall–Kier alpha value is -1.35. The first-order valence-electron chi connectivity index (χ1n) is 4.72. The first-order chi connectivity index (χ1) is 6.77. The third-order valence-corrected chi connectivity index (χ3v) is 2.39. The molecule has 0 spiro atoms. The predicted octanol–water partition coefficient (Wildman–Crippen LogP) is 1.78. The Balaban J connectivity index is 2.32. The summed E-state index contributed by atoms with van der Waals surface area (Å²) in [5, 5.41) is 3.26. The highest BCUT2D eigenvalue weighted by Gasteiger charge is 2.07. The van der Waals surface area contributed by atoms with E-state index in [9.17, 15) is 4.39 Å². The number of halogens is 1. The molecule has 0 saturated heterocycles. The standard InChI is InChI=1S/C11H13FN2/c12-10-4-3-8(6-11(10)13)9-2-1-5-14-7-9/h2-4,6,14H,1,5,7,13H2. The molecule has 14 heavy (non-hydrogen) atoms. The first-order valence-corrected chi connectivity index (χ1v) is 4.72. The van der Waals surface area contributed by atoms with Gasteiger partial charge in [0.25, 0.3) is 0 Å². The molecule has 0 radical (unpaired) electrons. The van der Waals surface area contributed by atoms with Gasteiger partial charge in [0.05, 0.1) is 5.69 Å². The molecule has 3 heteroatoms. The minimum absolute atomic E-state index is 0.217. The van der Waals surface area contributed by atoms with Crippen molar-refractivity contribution in [3.05, 3.63) is 35.7 Å².